The first-order valence-corrected chi connectivity index (χ1v) is 16.3. The Morgan fingerprint density at radius 1 is 0.838 bits per heavy atom. The Morgan fingerprint density at radius 2 is 1.32 bits per heavy atom. The maximum atomic E-state index is 12.4. The zero-order valence-electron chi connectivity index (χ0n) is 24.7. The van der Waals surface area contributed by atoms with Crippen LogP contribution in [0, 0.1) is 0 Å². The van der Waals surface area contributed by atoms with Crippen molar-refractivity contribution in [3.63, 3.8) is 0 Å². The van der Waals surface area contributed by atoms with Crippen LogP contribution >= 0.6 is 7.82 Å². The highest BCUT2D eigenvalue weighted by molar-refractivity contribution is 7.45. The highest BCUT2D eigenvalue weighted by atomic mass is 31.2. The molecule has 0 heterocycles. The topological polar surface area (TPSA) is 108 Å². The molecule has 222 valence electrons. The van der Waals surface area contributed by atoms with Crippen LogP contribution in [0.1, 0.15) is 123 Å². The van der Waals surface area contributed by atoms with Crippen LogP contribution in [0.2, 0.25) is 0 Å². The molecule has 0 aromatic rings. The van der Waals surface area contributed by atoms with Crippen molar-refractivity contribution in [1.29, 1.82) is 0 Å². The van der Waals surface area contributed by atoms with Crippen molar-refractivity contribution in [1.82, 2.24) is 5.32 Å². The second kappa shape index (κ2) is 22.3. The molecule has 9 heteroatoms. The molecule has 1 amide bonds. The van der Waals surface area contributed by atoms with Gasteiger partial charge in [0.2, 0.25) is 5.91 Å². The first-order valence-electron chi connectivity index (χ1n) is 14.9. The minimum absolute atomic E-state index is 0.0136. The van der Waals surface area contributed by atoms with Crippen LogP contribution in [0.25, 0.3) is 0 Å². The minimum Gasteiger partial charge on any atom is -0.756 e. The van der Waals surface area contributed by atoms with Crippen LogP contribution < -0.4 is 10.2 Å². The van der Waals surface area contributed by atoms with E-state index in [1.165, 1.54) is 57.8 Å². The number of amides is 1. The van der Waals surface area contributed by atoms with Crippen LogP contribution in [0.4, 0.5) is 0 Å². The lowest BCUT2D eigenvalue weighted by Crippen LogP contribution is -2.46. The van der Waals surface area contributed by atoms with E-state index < -0.39 is 20.0 Å². The van der Waals surface area contributed by atoms with Gasteiger partial charge in [0.1, 0.15) is 13.2 Å². The van der Waals surface area contributed by atoms with E-state index in [0.29, 0.717) is 23.9 Å². The van der Waals surface area contributed by atoms with Gasteiger partial charge in [-0.05, 0) is 12.8 Å². The fourth-order valence-electron chi connectivity index (χ4n) is 4.09. The van der Waals surface area contributed by atoms with Gasteiger partial charge in [-0.15, -0.1) is 0 Å². The highest BCUT2D eigenvalue weighted by Crippen LogP contribution is 2.38. The molecule has 2 N–H and O–H groups in total. The molecular weight excluding hydrogens is 491 g/mol. The lowest BCUT2D eigenvalue weighted by atomic mass is 10.0. The molecule has 0 aliphatic heterocycles. The van der Waals surface area contributed by atoms with Crippen LogP contribution in [-0.2, 0) is 18.4 Å². The van der Waals surface area contributed by atoms with Gasteiger partial charge in [0.05, 0.1) is 39.9 Å². The Morgan fingerprint density at radius 3 is 1.84 bits per heavy atom. The van der Waals surface area contributed by atoms with Crippen molar-refractivity contribution >= 4 is 13.7 Å². The minimum atomic E-state index is -4.52. The molecular formula is C28H59N2O6P. The zero-order chi connectivity index (χ0) is 28.0. The molecule has 3 atom stereocenters. The number of hydrogen-bond donors (Lipinski definition) is 2. The van der Waals surface area contributed by atoms with Gasteiger partial charge in [-0.2, -0.15) is 0 Å². The van der Waals surface area contributed by atoms with Crippen LogP contribution in [-0.4, -0.2) is 68.5 Å². The molecule has 0 rings (SSSR count). The number of rotatable bonds is 26. The summed E-state index contributed by atoms with van der Waals surface area (Å²) >= 11 is 0. The maximum absolute atomic E-state index is 12.4. The molecule has 8 nitrogen and oxygen atoms in total. The van der Waals surface area contributed by atoms with E-state index in [4.69, 9.17) is 9.05 Å². The van der Waals surface area contributed by atoms with Crippen molar-refractivity contribution in [2.24, 2.45) is 0 Å². The van der Waals surface area contributed by atoms with Crippen LogP contribution in [0.5, 0.6) is 0 Å². The second-order valence-electron chi connectivity index (χ2n) is 11.5. The van der Waals surface area contributed by atoms with E-state index in [2.05, 4.69) is 19.2 Å². The summed E-state index contributed by atoms with van der Waals surface area (Å²) in [5, 5.41) is 13.5. The molecule has 0 radical (unpaired) electrons. The number of quaternary nitrogens is 1. The summed E-state index contributed by atoms with van der Waals surface area (Å²) in [6.45, 7) is 4.50. The highest BCUT2D eigenvalue weighted by Gasteiger charge is 2.24. The summed E-state index contributed by atoms with van der Waals surface area (Å²) in [5.41, 5.74) is 0. The molecule has 0 aromatic carbocycles. The van der Waals surface area contributed by atoms with Gasteiger partial charge in [-0.3, -0.25) is 9.36 Å². The van der Waals surface area contributed by atoms with Gasteiger partial charge in [0.15, 0.2) is 0 Å². The monoisotopic (exact) mass is 550 g/mol. The number of aliphatic hydroxyl groups excluding tert-OH is 1. The summed E-state index contributed by atoms with van der Waals surface area (Å²) < 4.78 is 22.8. The fourth-order valence-corrected chi connectivity index (χ4v) is 4.82. The Labute approximate surface area is 228 Å². The standard InChI is InChI=1S/C28H59N2O6P/c1-6-8-10-11-12-13-14-15-16-17-18-20-21-27(31)26(29-28(32)22-19-9-7-2)25-36-37(33,34)35-24-23-30(3,4)5/h26-27,31H,6-25H2,1-5H3,(H-,29,32,33,34). The van der Waals surface area contributed by atoms with E-state index in [1.807, 2.05) is 21.1 Å². The maximum Gasteiger partial charge on any atom is 0.268 e. The molecule has 3 unspecified atom stereocenters. The number of nitrogens with zero attached hydrogens (tertiary/aromatic N) is 1. The second-order valence-corrected chi connectivity index (χ2v) is 12.9. The summed E-state index contributed by atoms with van der Waals surface area (Å²) in [7, 11) is 1.30. The number of hydrogen-bond acceptors (Lipinski definition) is 6. The molecule has 0 bridgehead atoms. The molecule has 0 aromatic heterocycles. The van der Waals surface area contributed by atoms with Gasteiger partial charge in [0.25, 0.3) is 7.82 Å². The molecule has 0 aliphatic rings. The number of nitrogens with one attached hydrogen (secondary N) is 1. The van der Waals surface area contributed by atoms with E-state index in [-0.39, 0.29) is 19.1 Å². The summed E-state index contributed by atoms with van der Waals surface area (Å²) in [6.07, 6.45) is 17.4. The molecule has 0 aliphatic carbocycles. The molecule has 0 saturated carbocycles. The lowest BCUT2D eigenvalue weighted by Gasteiger charge is -2.30. The van der Waals surface area contributed by atoms with Crippen molar-refractivity contribution in [2.75, 3.05) is 40.9 Å². The molecule has 0 fully saturated rings. The number of carbonyl (C=O) groups excluding carboxylic acids is 1. The number of phosphoric ester groups is 1. The molecule has 0 saturated heterocycles. The largest absolute Gasteiger partial charge is 0.756 e. The quantitative estimate of drug-likeness (QED) is 0.0811. The van der Waals surface area contributed by atoms with Crippen molar-refractivity contribution in [2.45, 2.75) is 135 Å². The number of aliphatic hydroxyl groups is 1. The van der Waals surface area contributed by atoms with E-state index >= 15 is 0 Å². The predicted molar refractivity (Wildman–Crippen MR) is 150 cm³/mol. The number of likely N-dealkylation sites (N-methyl/N-ethyl adjacent to an activating group) is 1. The Bertz CT molecular complexity index is 600. The first-order chi connectivity index (χ1) is 17.5. The van der Waals surface area contributed by atoms with E-state index in [9.17, 15) is 19.4 Å². The van der Waals surface area contributed by atoms with Crippen molar-refractivity contribution < 1.29 is 32.9 Å². The average Bonchev–Trinajstić information content (AvgIpc) is 2.81. The van der Waals surface area contributed by atoms with Gasteiger partial charge >= 0.3 is 0 Å². The third kappa shape index (κ3) is 24.3. The summed E-state index contributed by atoms with van der Waals surface area (Å²) in [4.78, 5) is 24.6. The SMILES string of the molecule is CCCCCCCCCCCCCCC(O)C(COP(=O)([O-])OCC[N+](C)(C)C)NC(=O)CCCCC. The van der Waals surface area contributed by atoms with E-state index in [0.717, 1.165) is 38.5 Å². The van der Waals surface area contributed by atoms with Crippen molar-refractivity contribution in [3.05, 3.63) is 0 Å². The van der Waals surface area contributed by atoms with Crippen LogP contribution in [0.15, 0.2) is 0 Å². The fraction of sp³-hybridized carbons (Fsp3) is 0.964. The molecule has 37 heavy (non-hydrogen) atoms. The van der Waals surface area contributed by atoms with Gasteiger partial charge in [0, 0.05) is 6.42 Å². The van der Waals surface area contributed by atoms with E-state index in [1.54, 1.807) is 0 Å². The molecule has 0 spiro atoms. The average molecular weight is 551 g/mol. The van der Waals surface area contributed by atoms with Gasteiger partial charge in [-0.25, -0.2) is 0 Å². The predicted octanol–water partition coefficient (Wildman–Crippen LogP) is 5.71. The zero-order valence-corrected chi connectivity index (χ0v) is 25.6. The Kier molecular flexibility index (Phi) is 22.0. The van der Waals surface area contributed by atoms with Crippen molar-refractivity contribution in [3.8, 4) is 0 Å². The lowest BCUT2D eigenvalue weighted by molar-refractivity contribution is -0.870. The van der Waals surface area contributed by atoms with Gasteiger partial charge < -0.3 is 28.8 Å². The Balaban J connectivity index is 4.41. The third-order valence-electron chi connectivity index (χ3n) is 6.60. The number of unbranched alkanes of at least 4 members (excludes halogenated alkanes) is 13. The number of carbonyl (C=O) groups is 1. The summed E-state index contributed by atoms with van der Waals surface area (Å²) in [6, 6.07) is -0.786. The summed E-state index contributed by atoms with van der Waals surface area (Å²) in [5.74, 6) is -0.192. The van der Waals surface area contributed by atoms with Gasteiger partial charge in [-0.1, -0.05) is 104 Å². The van der Waals surface area contributed by atoms with Crippen LogP contribution in [0.3, 0.4) is 0 Å². The third-order valence-corrected chi connectivity index (χ3v) is 7.56. The smallest absolute Gasteiger partial charge is 0.268 e. The number of phosphoric acid groups is 1. The first kappa shape index (κ1) is 36.5. The Hall–Kier alpha value is -0.500. The normalized spacial score (nSPS) is 15.3.